The van der Waals surface area contributed by atoms with Crippen LogP contribution in [0, 0.1) is 5.82 Å². The molecule has 0 aliphatic heterocycles. The van der Waals surface area contributed by atoms with Crippen molar-refractivity contribution in [3.05, 3.63) is 48.6 Å². The van der Waals surface area contributed by atoms with Gasteiger partial charge in [0.1, 0.15) is 16.4 Å². The van der Waals surface area contributed by atoms with E-state index in [1.807, 2.05) is 0 Å². The fraction of sp³-hybridized carbons (Fsp3) is 0.333. The van der Waals surface area contributed by atoms with E-state index < -0.39 is 15.7 Å². The third-order valence-corrected chi connectivity index (χ3v) is 5.16. The number of allylic oxidation sites excluding steroid dienone is 1. The third-order valence-electron chi connectivity index (χ3n) is 2.98. The number of benzene rings is 1. The van der Waals surface area contributed by atoms with Crippen molar-refractivity contribution in [2.24, 2.45) is 0 Å². The summed E-state index contributed by atoms with van der Waals surface area (Å²) in [5, 5.41) is 8.67. The number of para-hydroxylation sites is 1. The second kappa shape index (κ2) is 8.29. The van der Waals surface area contributed by atoms with E-state index in [1.165, 1.54) is 30.2 Å². The summed E-state index contributed by atoms with van der Waals surface area (Å²) in [6, 6.07) is 6.11. The molecule has 2 aromatic rings. The SMILES string of the molecule is C=CCn1c(COc2ccccc2F)nnc1SCCS(C)(=O)=O. The van der Waals surface area contributed by atoms with Crippen molar-refractivity contribution in [3.8, 4) is 5.75 Å². The van der Waals surface area contributed by atoms with E-state index in [4.69, 9.17) is 4.74 Å². The van der Waals surface area contributed by atoms with Crippen LogP contribution in [0.25, 0.3) is 0 Å². The number of hydrogen-bond acceptors (Lipinski definition) is 6. The monoisotopic (exact) mass is 371 g/mol. The molecule has 0 bridgehead atoms. The molecule has 0 unspecified atom stereocenters. The van der Waals surface area contributed by atoms with Crippen LogP contribution in [0.5, 0.6) is 5.75 Å². The average molecular weight is 371 g/mol. The molecule has 0 saturated carbocycles. The van der Waals surface area contributed by atoms with Gasteiger partial charge in [0.05, 0.1) is 5.75 Å². The first-order valence-electron chi connectivity index (χ1n) is 7.11. The molecular formula is C15H18FN3O3S2. The van der Waals surface area contributed by atoms with E-state index >= 15 is 0 Å². The van der Waals surface area contributed by atoms with Crippen LogP contribution in [0.4, 0.5) is 4.39 Å². The van der Waals surface area contributed by atoms with Crippen LogP contribution in [0.3, 0.4) is 0 Å². The molecule has 0 amide bonds. The lowest BCUT2D eigenvalue weighted by Crippen LogP contribution is -2.09. The second-order valence-corrected chi connectivity index (χ2v) is 8.32. The van der Waals surface area contributed by atoms with Crippen molar-refractivity contribution < 1.29 is 17.5 Å². The van der Waals surface area contributed by atoms with Gasteiger partial charge in [-0.15, -0.1) is 16.8 Å². The summed E-state index contributed by atoms with van der Waals surface area (Å²) in [6.45, 7) is 4.19. The first-order valence-corrected chi connectivity index (χ1v) is 10.2. The van der Waals surface area contributed by atoms with E-state index in [0.29, 0.717) is 23.3 Å². The minimum Gasteiger partial charge on any atom is -0.483 e. The van der Waals surface area contributed by atoms with Crippen LogP contribution >= 0.6 is 11.8 Å². The molecule has 1 heterocycles. The predicted molar refractivity (Wildman–Crippen MR) is 91.4 cm³/mol. The Morgan fingerprint density at radius 1 is 1.38 bits per heavy atom. The number of aromatic nitrogens is 3. The summed E-state index contributed by atoms with van der Waals surface area (Å²) in [6.07, 6.45) is 2.87. The average Bonchev–Trinajstić information content (AvgIpc) is 2.88. The van der Waals surface area contributed by atoms with Crippen LogP contribution in [0.1, 0.15) is 5.82 Å². The maximum Gasteiger partial charge on any atom is 0.191 e. The lowest BCUT2D eigenvalue weighted by Gasteiger charge is -2.09. The topological polar surface area (TPSA) is 74.1 Å². The summed E-state index contributed by atoms with van der Waals surface area (Å²) in [4.78, 5) is 0. The Kier molecular flexibility index (Phi) is 6.38. The summed E-state index contributed by atoms with van der Waals surface area (Å²) in [5.41, 5.74) is 0. The van der Waals surface area contributed by atoms with Gasteiger partial charge in [0.2, 0.25) is 0 Å². The quantitative estimate of drug-likeness (QED) is 0.497. The highest BCUT2D eigenvalue weighted by Crippen LogP contribution is 2.20. The second-order valence-electron chi connectivity index (χ2n) is 5.00. The van der Waals surface area contributed by atoms with Crippen molar-refractivity contribution in [3.63, 3.8) is 0 Å². The van der Waals surface area contributed by atoms with Crippen molar-refractivity contribution in [1.82, 2.24) is 14.8 Å². The molecule has 9 heteroatoms. The molecule has 0 spiro atoms. The van der Waals surface area contributed by atoms with Crippen molar-refractivity contribution in [2.45, 2.75) is 18.3 Å². The third kappa shape index (κ3) is 5.34. The van der Waals surface area contributed by atoms with Gasteiger partial charge in [-0.1, -0.05) is 30.0 Å². The molecule has 0 saturated heterocycles. The lowest BCUT2D eigenvalue weighted by atomic mass is 10.3. The van der Waals surface area contributed by atoms with Gasteiger partial charge in [-0.3, -0.25) is 4.57 Å². The van der Waals surface area contributed by atoms with Gasteiger partial charge in [0, 0.05) is 18.6 Å². The normalized spacial score (nSPS) is 11.4. The summed E-state index contributed by atoms with van der Waals surface area (Å²) in [5.74, 6) is 0.633. The maximum atomic E-state index is 13.6. The Labute approximate surface area is 144 Å². The number of halogens is 1. The molecule has 0 radical (unpaired) electrons. The van der Waals surface area contributed by atoms with Gasteiger partial charge in [-0.25, -0.2) is 12.8 Å². The molecule has 0 fully saturated rings. The Morgan fingerprint density at radius 2 is 2.12 bits per heavy atom. The number of rotatable bonds is 9. The molecule has 0 aliphatic carbocycles. The minimum absolute atomic E-state index is 0.0500. The Balaban J connectivity index is 2.07. The van der Waals surface area contributed by atoms with Crippen molar-refractivity contribution in [1.29, 1.82) is 0 Å². The summed E-state index contributed by atoms with van der Waals surface area (Å²) in [7, 11) is -3.03. The van der Waals surface area contributed by atoms with E-state index in [0.717, 1.165) is 0 Å². The highest BCUT2D eigenvalue weighted by atomic mass is 32.2. The standard InChI is InChI=1S/C15H18FN3O3S2/c1-3-8-19-14(11-22-13-7-5-4-6-12(13)16)17-18-15(19)23-9-10-24(2,20)21/h3-7H,1,8-11H2,2H3. The fourth-order valence-corrected chi connectivity index (χ4v) is 3.99. The van der Waals surface area contributed by atoms with Crippen LogP contribution in [-0.2, 0) is 23.0 Å². The summed E-state index contributed by atoms with van der Waals surface area (Å²) < 4.78 is 43.2. The van der Waals surface area contributed by atoms with E-state index in [1.54, 1.807) is 22.8 Å². The molecular weight excluding hydrogens is 353 g/mol. The predicted octanol–water partition coefficient (Wildman–Crippen LogP) is 2.32. The van der Waals surface area contributed by atoms with Crippen LogP contribution in [0.15, 0.2) is 42.1 Å². The largest absolute Gasteiger partial charge is 0.483 e. The van der Waals surface area contributed by atoms with Gasteiger partial charge in [-0.05, 0) is 12.1 Å². The van der Waals surface area contributed by atoms with E-state index in [9.17, 15) is 12.8 Å². The van der Waals surface area contributed by atoms with E-state index in [2.05, 4.69) is 16.8 Å². The lowest BCUT2D eigenvalue weighted by molar-refractivity contribution is 0.275. The molecule has 0 aliphatic rings. The zero-order valence-electron chi connectivity index (χ0n) is 13.2. The Bertz CT molecular complexity index is 806. The van der Waals surface area contributed by atoms with Crippen LogP contribution < -0.4 is 4.74 Å². The maximum absolute atomic E-state index is 13.6. The van der Waals surface area contributed by atoms with Gasteiger partial charge < -0.3 is 4.74 Å². The molecule has 1 aromatic carbocycles. The minimum atomic E-state index is -3.03. The van der Waals surface area contributed by atoms with Gasteiger partial charge >= 0.3 is 0 Å². The number of sulfone groups is 1. The number of nitrogens with zero attached hydrogens (tertiary/aromatic N) is 3. The molecule has 0 N–H and O–H groups in total. The molecule has 130 valence electrons. The van der Waals surface area contributed by atoms with E-state index in [-0.39, 0.29) is 18.1 Å². The smallest absolute Gasteiger partial charge is 0.191 e. The molecule has 24 heavy (non-hydrogen) atoms. The number of ether oxygens (including phenoxy) is 1. The number of thioether (sulfide) groups is 1. The van der Waals surface area contributed by atoms with Crippen molar-refractivity contribution >= 4 is 21.6 Å². The highest BCUT2D eigenvalue weighted by Gasteiger charge is 2.14. The van der Waals surface area contributed by atoms with Crippen LogP contribution in [0.2, 0.25) is 0 Å². The fourth-order valence-electron chi connectivity index (χ4n) is 1.83. The molecule has 2 rings (SSSR count). The van der Waals surface area contributed by atoms with Gasteiger partial charge in [0.25, 0.3) is 0 Å². The first kappa shape index (κ1) is 18.5. The zero-order valence-corrected chi connectivity index (χ0v) is 14.8. The van der Waals surface area contributed by atoms with Gasteiger partial charge in [-0.2, -0.15) is 0 Å². The molecule has 0 atom stereocenters. The Hall–Kier alpha value is -1.87. The van der Waals surface area contributed by atoms with Crippen LogP contribution in [-0.4, -0.2) is 40.9 Å². The van der Waals surface area contributed by atoms with Crippen molar-refractivity contribution in [2.75, 3.05) is 17.8 Å². The Morgan fingerprint density at radius 3 is 2.79 bits per heavy atom. The molecule has 6 nitrogen and oxygen atoms in total. The van der Waals surface area contributed by atoms with Gasteiger partial charge in [0.15, 0.2) is 22.5 Å². The highest BCUT2D eigenvalue weighted by molar-refractivity contribution is 8.00. The zero-order chi connectivity index (χ0) is 17.6. The first-order chi connectivity index (χ1) is 11.4. The summed E-state index contributed by atoms with van der Waals surface area (Å²) >= 11 is 1.29. The molecule has 1 aromatic heterocycles. The number of hydrogen-bond donors (Lipinski definition) is 0.